The lowest BCUT2D eigenvalue weighted by Gasteiger charge is -2.19. The first-order chi connectivity index (χ1) is 14.4. The number of amides is 1. The molecule has 2 aromatic rings. The molecule has 1 aliphatic heterocycles. The molecular weight excluding hydrogens is 458 g/mol. The Balaban J connectivity index is 1.66. The highest BCUT2D eigenvalue weighted by molar-refractivity contribution is 9.10. The smallest absolute Gasteiger partial charge is 0.339 e. The van der Waals surface area contributed by atoms with Crippen molar-refractivity contribution in [1.29, 1.82) is 0 Å². The highest BCUT2D eigenvalue weighted by atomic mass is 79.9. The lowest BCUT2D eigenvalue weighted by Crippen LogP contribution is -2.30. The first-order valence-electron chi connectivity index (χ1n) is 9.34. The molecule has 1 heterocycles. The van der Waals surface area contributed by atoms with Crippen molar-refractivity contribution >= 4 is 33.5 Å². The summed E-state index contributed by atoms with van der Waals surface area (Å²) in [5, 5.41) is 2.70. The summed E-state index contributed by atoms with van der Waals surface area (Å²) in [5.74, 6) is 0.898. The molecule has 0 saturated heterocycles. The number of esters is 1. The lowest BCUT2D eigenvalue weighted by atomic mass is 10.2. The van der Waals surface area contributed by atoms with Crippen LogP contribution in [0.4, 0.5) is 5.69 Å². The molecule has 1 unspecified atom stereocenters. The second kappa shape index (κ2) is 9.71. The van der Waals surface area contributed by atoms with Crippen LogP contribution in [0.15, 0.2) is 34.8 Å². The van der Waals surface area contributed by atoms with Crippen LogP contribution in [-0.4, -0.2) is 44.9 Å². The molecule has 9 heteroatoms. The van der Waals surface area contributed by atoms with Crippen molar-refractivity contribution in [2.24, 2.45) is 0 Å². The van der Waals surface area contributed by atoms with Crippen molar-refractivity contribution in [2.75, 3.05) is 32.2 Å². The zero-order chi connectivity index (χ0) is 21.7. The second-order valence-electron chi connectivity index (χ2n) is 6.32. The molecule has 0 spiro atoms. The summed E-state index contributed by atoms with van der Waals surface area (Å²) >= 11 is 3.36. The maximum atomic E-state index is 12.5. The van der Waals surface area contributed by atoms with Gasteiger partial charge in [0.15, 0.2) is 29.1 Å². The predicted octanol–water partition coefficient (Wildman–Crippen LogP) is 3.81. The van der Waals surface area contributed by atoms with E-state index in [0.29, 0.717) is 53.0 Å². The number of carbonyl (C=O) groups excluding carboxylic acids is 2. The van der Waals surface area contributed by atoms with E-state index >= 15 is 0 Å². The molecule has 8 nitrogen and oxygen atoms in total. The number of carbonyl (C=O) groups is 2. The molecule has 0 radical (unpaired) electrons. The number of methoxy groups -OCH3 is 1. The van der Waals surface area contributed by atoms with Crippen LogP contribution in [0.1, 0.15) is 24.2 Å². The first-order valence-corrected chi connectivity index (χ1v) is 10.1. The van der Waals surface area contributed by atoms with E-state index < -0.39 is 18.0 Å². The molecule has 0 fully saturated rings. The Kier molecular flexibility index (Phi) is 7.04. The maximum absolute atomic E-state index is 12.5. The van der Waals surface area contributed by atoms with Crippen molar-refractivity contribution < 1.29 is 33.3 Å². The second-order valence-corrected chi connectivity index (χ2v) is 7.17. The van der Waals surface area contributed by atoms with E-state index in [4.69, 9.17) is 23.7 Å². The third-order valence-corrected chi connectivity index (χ3v) is 4.81. The van der Waals surface area contributed by atoms with E-state index in [2.05, 4.69) is 21.2 Å². The van der Waals surface area contributed by atoms with Gasteiger partial charge in [-0.2, -0.15) is 0 Å². The minimum atomic E-state index is -1.03. The average molecular weight is 480 g/mol. The third kappa shape index (κ3) is 4.96. The number of hydrogen-bond acceptors (Lipinski definition) is 7. The van der Waals surface area contributed by atoms with Crippen molar-refractivity contribution in [1.82, 2.24) is 0 Å². The maximum Gasteiger partial charge on any atom is 0.339 e. The minimum Gasteiger partial charge on any atom is -0.493 e. The van der Waals surface area contributed by atoms with Crippen LogP contribution < -0.4 is 24.3 Å². The van der Waals surface area contributed by atoms with Gasteiger partial charge in [-0.1, -0.05) is 0 Å². The van der Waals surface area contributed by atoms with Crippen molar-refractivity contribution in [2.45, 2.75) is 20.0 Å². The van der Waals surface area contributed by atoms with Gasteiger partial charge in [-0.3, -0.25) is 4.79 Å². The molecule has 2 aromatic carbocycles. The topological polar surface area (TPSA) is 92.3 Å². The number of hydrogen-bond donors (Lipinski definition) is 1. The number of benzene rings is 2. The standard InChI is InChI=1S/C21H22BrNO7/c1-4-27-19-15(22)9-13(10-18(19)26-3)21(25)30-12(2)20(24)23-14-5-6-16-17(11-14)29-8-7-28-16/h5-6,9-12H,4,7-8H2,1-3H3,(H,23,24). The molecule has 0 aromatic heterocycles. The Hall–Kier alpha value is -2.94. The molecule has 0 bridgehead atoms. The summed E-state index contributed by atoms with van der Waals surface area (Å²) in [6.07, 6.45) is -1.03. The Morgan fingerprint density at radius 1 is 1.17 bits per heavy atom. The van der Waals surface area contributed by atoms with Crippen LogP contribution in [0.2, 0.25) is 0 Å². The predicted molar refractivity (Wildman–Crippen MR) is 113 cm³/mol. The Labute approximate surface area is 182 Å². The van der Waals surface area contributed by atoms with Gasteiger partial charge in [0.05, 0.1) is 23.8 Å². The van der Waals surface area contributed by atoms with Gasteiger partial charge in [0, 0.05) is 11.8 Å². The fourth-order valence-electron chi connectivity index (χ4n) is 2.77. The summed E-state index contributed by atoms with van der Waals surface area (Å²) in [5.41, 5.74) is 0.735. The molecule has 1 amide bonds. The fraction of sp³-hybridized carbons (Fsp3) is 0.333. The third-order valence-electron chi connectivity index (χ3n) is 4.22. The summed E-state index contributed by atoms with van der Waals surface area (Å²) in [7, 11) is 1.48. The van der Waals surface area contributed by atoms with E-state index in [1.54, 1.807) is 24.3 Å². The monoisotopic (exact) mass is 479 g/mol. The van der Waals surface area contributed by atoms with Crippen molar-refractivity contribution in [3.63, 3.8) is 0 Å². The van der Waals surface area contributed by atoms with Gasteiger partial charge in [0.2, 0.25) is 0 Å². The largest absolute Gasteiger partial charge is 0.493 e. The van der Waals surface area contributed by atoms with E-state index in [0.717, 1.165) is 0 Å². The zero-order valence-corrected chi connectivity index (χ0v) is 18.4. The van der Waals surface area contributed by atoms with Gasteiger partial charge in [-0.15, -0.1) is 0 Å². The van der Waals surface area contributed by atoms with Gasteiger partial charge >= 0.3 is 5.97 Å². The van der Waals surface area contributed by atoms with Crippen LogP contribution in [0, 0.1) is 0 Å². The normalized spacial score (nSPS) is 13.2. The molecule has 30 heavy (non-hydrogen) atoms. The van der Waals surface area contributed by atoms with Crippen LogP contribution in [0.5, 0.6) is 23.0 Å². The number of fused-ring (bicyclic) bond motifs is 1. The van der Waals surface area contributed by atoms with Crippen molar-refractivity contribution in [3.05, 3.63) is 40.4 Å². The fourth-order valence-corrected chi connectivity index (χ4v) is 3.33. The molecule has 1 atom stereocenters. The molecular formula is C21H22BrNO7. The molecule has 1 N–H and O–H groups in total. The van der Waals surface area contributed by atoms with Gasteiger partial charge in [-0.25, -0.2) is 4.79 Å². The Morgan fingerprint density at radius 3 is 2.60 bits per heavy atom. The highest BCUT2D eigenvalue weighted by Gasteiger charge is 2.22. The van der Waals surface area contributed by atoms with E-state index in [9.17, 15) is 9.59 Å². The van der Waals surface area contributed by atoms with Crippen molar-refractivity contribution in [3.8, 4) is 23.0 Å². The quantitative estimate of drug-likeness (QED) is 0.603. The number of halogens is 1. The zero-order valence-electron chi connectivity index (χ0n) is 16.8. The van der Waals surface area contributed by atoms with Crippen LogP contribution >= 0.6 is 15.9 Å². The van der Waals surface area contributed by atoms with Gasteiger partial charge in [0.1, 0.15) is 13.2 Å². The first kappa shape index (κ1) is 21.8. The van der Waals surface area contributed by atoms with Crippen LogP contribution in [0.25, 0.3) is 0 Å². The molecule has 160 valence electrons. The Morgan fingerprint density at radius 2 is 1.90 bits per heavy atom. The van der Waals surface area contributed by atoms with Gasteiger partial charge < -0.3 is 29.0 Å². The van der Waals surface area contributed by atoms with Crippen LogP contribution in [0.3, 0.4) is 0 Å². The number of anilines is 1. The number of nitrogens with one attached hydrogen (secondary N) is 1. The summed E-state index contributed by atoms with van der Waals surface area (Å²) in [6, 6.07) is 8.12. The molecule has 1 aliphatic rings. The summed E-state index contributed by atoms with van der Waals surface area (Å²) in [4.78, 5) is 25.0. The van der Waals surface area contributed by atoms with Gasteiger partial charge in [-0.05, 0) is 54.0 Å². The van der Waals surface area contributed by atoms with E-state index in [-0.39, 0.29) is 5.56 Å². The van der Waals surface area contributed by atoms with Crippen LogP contribution in [-0.2, 0) is 9.53 Å². The highest BCUT2D eigenvalue weighted by Crippen LogP contribution is 2.37. The SMILES string of the molecule is CCOc1c(Br)cc(C(=O)OC(C)C(=O)Nc2ccc3c(c2)OCCO3)cc1OC. The molecule has 0 aliphatic carbocycles. The Bertz CT molecular complexity index is 947. The van der Waals surface area contributed by atoms with E-state index in [1.165, 1.54) is 20.1 Å². The van der Waals surface area contributed by atoms with Gasteiger partial charge in [0.25, 0.3) is 5.91 Å². The summed E-state index contributed by atoms with van der Waals surface area (Å²) in [6.45, 7) is 4.70. The number of rotatable bonds is 7. The molecule has 3 rings (SSSR count). The van der Waals surface area contributed by atoms with E-state index in [1.807, 2.05) is 6.92 Å². The average Bonchev–Trinajstić information content (AvgIpc) is 2.74. The minimum absolute atomic E-state index is 0.223. The molecule has 0 saturated carbocycles. The summed E-state index contributed by atoms with van der Waals surface area (Å²) < 4.78 is 27.6. The number of ether oxygens (including phenoxy) is 5. The lowest BCUT2D eigenvalue weighted by molar-refractivity contribution is -0.123.